The van der Waals surface area contributed by atoms with Gasteiger partial charge in [0.25, 0.3) is 12.3 Å². The van der Waals surface area contributed by atoms with Crippen molar-refractivity contribution in [3.63, 3.8) is 0 Å². The number of imide groups is 1. The van der Waals surface area contributed by atoms with Crippen LogP contribution in [-0.2, 0) is 14.4 Å². The van der Waals surface area contributed by atoms with Crippen molar-refractivity contribution in [2.45, 2.75) is 69.8 Å². The Morgan fingerprint density at radius 1 is 0.934 bits per heavy atom. The third kappa shape index (κ3) is 9.47. The first-order chi connectivity index (χ1) is 29.6. The maximum atomic E-state index is 14.2. The van der Waals surface area contributed by atoms with Gasteiger partial charge in [-0.15, -0.1) is 0 Å². The van der Waals surface area contributed by atoms with E-state index in [0.29, 0.717) is 52.0 Å². The molecule has 6 heterocycles. The molecule has 2 aliphatic carbocycles. The highest BCUT2D eigenvalue weighted by Gasteiger charge is 2.33. The van der Waals surface area contributed by atoms with Crippen molar-refractivity contribution in [2.24, 2.45) is 11.8 Å². The highest BCUT2D eigenvalue weighted by Crippen LogP contribution is 2.36. The average molecular weight is 840 g/mol. The van der Waals surface area contributed by atoms with Gasteiger partial charge in [-0.1, -0.05) is 5.16 Å². The van der Waals surface area contributed by atoms with Crippen LogP contribution in [0.4, 0.5) is 26.0 Å². The number of alkyl halides is 2. The summed E-state index contributed by atoms with van der Waals surface area (Å²) in [4.78, 5) is 63.2. The number of piperazine rings is 1. The molecular weight excluding hydrogens is 793 g/mol. The van der Waals surface area contributed by atoms with E-state index in [2.05, 4.69) is 51.3 Å². The maximum absolute atomic E-state index is 14.2. The fourth-order valence-electron chi connectivity index (χ4n) is 8.51. The lowest BCUT2D eigenvalue weighted by atomic mass is 9.85. The number of aromatic nitrogens is 5. The molecule has 2 saturated heterocycles. The number of piperidine rings is 1. The summed E-state index contributed by atoms with van der Waals surface area (Å²) in [6.07, 6.45) is 7.85. The van der Waals surface area contributed by atoms with E-state index in [4.69, 9.17) is 8.94 Å². The number of pyridine rings is 1. The van der Waals surface area contributed by atoms with Gasteiger partial charge < -0.3 is 29.8 Å². The number of anilines is 3. The van der Waals surface area contributed by atoms with Crippen LogP contribution in [0.1, 0.15) is 91.6 Å². The molecule has 1 atom stereocenters. The fourth-order valence-corrected chi connectivity index (χ4v) is 8.51. The van der Waals surface area contributed by atoms with Gasteiger partial charge in [0.2, 0.25) is 23.6 Å². The van der Waals surface area contributed by atoms with E-state index in [1.807, 2.05) is 0 Å². The van der Waals surface area contributed by atoms with Gasteiger partial charge in [0.1, 0.15) is 17.8 Å². The summed E-state index contributed by atoms with van der Waals surface area (Å²) in [5.41, 5.74) is 1.55. The number of nitrogens with zero attached hydrogens (tertiary/aromatic N) is 7. The monoisotopic (exact) mass is 839 g/mol. The van der Waals surface area contributed by atoms with Gasteiger partial charge in [0.15, 0.2) is 17.0 Å². The summed E-state index contributed by atoms with van der Waals surface area (Å²) in [5, 5.41) is 20.2. The van der Waals surface area contributed by atoms with Crippen LogP contribution in [0.2, 0.25) is 0 Å². The number of hydrogen-bond donors (Lipinski definition) is 4. The summed E-state index contributed by atoms with van der Waals surface area (Å²) in [6.45, 7) is 5.15. The van der Waals surface area contributed by atoms with Gasteiger partial charge in [-0.2, -0.15) is 5.10 Å². The number of benzene rings is 1. The fraction of sp³-hybridized carbons (Fsp3) is 0.476. The number of carbonyl (C=O) groups excluding carboxylic acids is 4. The normalized spacial score (nSPS) is 21.5. The quantitative estimate of drug-likeness (QED) is 0.101. The second-order valence-electron chi connectivity index (χ2n) is 16.5. The molecular formula is C42H47F2N11O6. The van der Waals surface area contributed by atoms with E-state index in [-0.39, 0.29) is 54.0 Å². The number of halogens is 2. The van der Waals surface area contributed by atoms with Gasteiger partial charge in [-0.25, -0.2) is 18.7 Å². The number of carbonyl (C=O) groups is 4. The van der Waals surface area contributed by atoms with Crippen molar-refractivity contribution in [3.05, 3.63) is 66.1 Å². The van der Waals surface area contributed by atoms with Crippen LogP contribution in [0.5, 0.6) is 0 Å². The van der Waals surface area contributed by atoms with Gasteiger partial charge in [-0.3, -0.25) is 34.1 Å². The molecule has 2 aliphatic heterocycles. The Labute approximate surface area is 349 Å². The smallest absolute Gasteiger partial charge is 0.284 e. The van der Waals surface area contributed by atoms with E-state index in [9.17, 15) is 28.0 Å². The Morgan fingerprint density at radius 2 is 1.72 bits per heavy atom. The molecule has 0 bridgehead atoms. The molecule has 1 aromatic carbocycles. The van der Waals surface area contributed by atoms with Crippen molar-refractivity contribution in [1.82, 2.24) is 40.0 Å². The van der Waals surface area contributed by atoms with Crippen LogP contribution < -0.4 is 21.3 Å². The molecule has 4 aliphatic rings. The maximum Gasteiger partial charge on any atom is 0.284 e. The molecule has 0 radical (unpaired) electrons. The Kier molecular flexibility index (Phi) is 11.6. The van der Waals surface area contributed by atoms with E-state index in [1.165, 1.54) is 25.3 Å². The zero-order valence-corrected chi connectivity index (χ0v) is 33.4. The summed E-state index contributed by atoms with van der Waals surface area (Å²) < 4.78 is 40.9. The molecule has 4 aromatic heterocycles. The molecule has 4 N–H and O–H groups in total. The first kappa shape index (κ1) is 40.3. The predicted octanol–water partition coefficient (Wildman–Crippen LogP) is 5.59. The van der Waals surface area contributed by atoms with E-state index < -0.39 is 23.9 Å². The second-order valence-corrected chi connectivity index (χ2v) is 16.5. The third-order valence-corrected chi connectivity index (χ3v) is 12.1. The summed E-state index contributed by atoms with van der Waals surface area (Å²) in [5.74, 6) is -0.0497. The largest absolute Gasteiger partial charge is 0.444 e. The Balaban J connectivity index is 0.718. The number of rotatable bonds is 14. The van der Waals surface area contributed by atoms with Crippen molar-refractivity contribution in [2.75, 3.05) is 61.8 Å². The molecule has 0 spiro atoms. The predicted molar refractivity (Wildman–Crippen MR) is 218 cm³/mol. The first-order valence-corrected chi connectivity index (χ1v) is 20.9. The summed E-state index contributed by atoms with van der Waals surface area (Å²) in [7, 11) is 0. The van der Waals surface area contributed by atoms with E-state index in [0.717, 1.165) is 65.0 Å². The lowest BCUT2D eigenvalue weighted by molar-refractivity contribution is -0.134. The van der Waals surface area contributed by atoms with Gasteiger partial charge in [0.05, 0.1) is 24.2 Å². The number of hydrogen-bond acceptors (Lipinski definition) is 13. The highest BCUT2D eigenvalue weighted by molar-refractivity contribution is 6.04. The minimum atomic E-state index is -2.88. The summed E-state index contributed by atoms with van der Waals surface area (Å²) in [6, 6.07) is 8.66. The summed E-state index contributed by atoms with van der Waals surface area (Å²) >= 11 is 0. The van der Waals surface area contributed by atoms with Crippen LogP contribution in [0.15, 0.2) is 57.9 Å². The molecule has 61 heavy (non-hydrogen) atoms. The Morgan fingerprint density at radius 3 is 2.49 bits per heavy atom. The zero-order chi connectivity index (χ0) is 42.0. The molecule has 9 rings (SSSR count). The minimum Gasteiger partial charge on any atom is -0.444 e. The number of fused-ring (bicyclic) bond motifs is 1. The lowest BCUT2D eigenvalue weighted by Crippen LogP contribution is -2.49. The molecule has 1 unspecified atom stereocenters. The minimum absolute atomic E-state index is 0.0391. The lowest BCUT2D eigenvalue weighted by Gasteiger charge is -2.38. The van der Waals surface area contributed by atoms with Crippen LogP contribution >= 0.6 is 0 Å². The molecule has 320 valence electrons. The molecule has 5 aromatic rings. The van der Waals surface area contributed by atoms with Crippen molar-refractivity contribution in [3.8, 4) is 11.5 Å². The standard InChI is InChI=1S/C42H47F2N11O6/c43-39(44)38-31(48-41(59)32-23-60-42(49-32)26-11-12-45-34(17-26)46-19-24-1-2-24)21-55(51-38)28-6-3-25(4-7-28)20-53-13-15-54(16-14-53)22-36(57)47-27-5-8-29-33(18-27)61-52-37(29)30-9-10-35(56)50-40(30)58/h5,8,11-12,17-18,21,23-25,28,30,39H,1-4,6-7,9-10,13-16,19-20,22H2,(H,45,46)(H,47,57)(H,48,59)(H,50,56,58). The Bertz CT molecular complexity index is 2410. The van der Waals surface area contributed by atoms with Crippen LogP contribution in [0, 0.1) is 11.8 Å². The highest BCUT2D eigenvalue weighted by atomic mass is 19.3. The Hall–Kier alpha value is -6.08. The van der Waals surface area contributed by atoms with Crippen molar-refractivity contribution < 1.29 is 36.9 Å². The number of oxazole rings is 1. The second kappa shape index (κ2) is 17.5. The van der Waals surface area contributed by atoms with E-state index in [1.54, 1.807) is 41.2 Å². The van der Waals surface area contributed by atoms with Crippen LogP contribution in [0.3, 0.4) is 0 Å². The SMILES string of the molecule is O=C1CCC(c2noc3cc(NC(=O)CN4CCN(CC5CCC(n6cc(NC(=O)c7coc(-c8ccnc(NCC9CC9)c8)n7)c(C(F)F)n6)CC5)CC4)ccc23)C(=O)N1. The first-order valence-electron chi connectivity index (χ1n) is 20.9. The van der Waals surface area contributed by atoms with Gasteiger partial charge in [-0.05, 0) is 81.0 Å². The third-order valence-electron chi connectivity index (χ3n) is 12.1. The van der Waals surface area contributed by atoms with Crippen molar-refractivity contribution >= 4 is 51.8 Å². The topological polar surface area (TPSA) is 206 Å². The van der Waals surface area contributed by atoms with Crippen LogP contribution in [-0.4, -0.2) is 104 Å². The molecule has 4 amide bonds. The molecule has 17 nitrogen and oxygen atoms in total. The molecule has 2 saturated carbocycles. The average Bonchev–Trinajstić information content (AvgIpc) is 3.57. The zero-order valence-electron chi connectivity index (χ0n) is 33.4. The number of amides is 4. The van der Waals surface area contributed by atoms with E-state index >= 15 is 0 Å². The van der Waals surface area contributed by atoms with Crippen molar-refractivity contribution in [1.29, 1.82) is 0 Å². The molecule has 4 fully saturated rings. The van der Waals surface area contributed by atoms with Crippen LogP contribution in [0.25, 0.3) is 22.4 Å². The van der Waals surface area contributed by atoms with Gasteiger partial charge >= 0.3 is 0 Å². The molecule has 19 heteroatoms. The number of nitrogens with one attached hydrogen (secondary N) is 4. The van der Waals surface area contributed by atoms with Gasteiger partial charge in [0, 0.05) is 80.8 Å².